The van der Waals surface area contributed by atoms with Gasteiger partial charge in [-0.2, -0.15) is 4.31 Å². The normalized spacial score (nSPS) is 15.3. The zero-order valence-electron chi connectivity index (χ0n) is 16.7. The fraction of sp³-hybridized carbons (Fsp3) is 0.286. The molecule has 2 aromatic rings. The smallest absolute Gasteiger partial charge is 0.248 e. The van der Waals surface area contributed by atoms with Crippen LogP contribution in [0.2, 0.25) is 5.02 Å². The average molecular weight is 451 g/mol. The minimum absolute atomic E-state index is 0.0557. The van der Waals surface area contributed by atoms with E-state index in [4.69, 9.17) is 21.1 Å². The quantitative estimate of drug-likeness (QED) is 0.682. The van der Waals surface area contributed by atoms with Gasteiger partial charge in [-0.3, -0.25) is 4.79 Å². The molecule has 1 heterocycles. The van der Waals surface area contributed by atoms with E-state index in [1.165, 1.54) is 23.6 Å². The summed E-state index contributed by atoms with van der Waals surface area (Å²) in [5.74, 6) is -0.105. The van der Waals surface area contributed by atoms with E-state index < -0.39 is 10.0 Å². The van der Waals surface area contributed by atoms with E-state index in [1.54, 1.807) is 36.4 Å². The van der Waals surface area contributed by atoms with Crippen LogP contribution in [0.1, 0.15) is 11.1 Å². The topological polar surface area (TPSA) is 84.9 Å². The standard InChI is InChI=1S/C21H23ClN2O5S/c1-15-17(22)4-3-5-18(15)23-21(25)9-7-16-6-8-19(28-2)20(14-16)30(26,27)24-10-12-29-13-11-24/h3-9,14H,10-13H2,1-2H3,(H,23,25). The molecule has 1 fully saturated rings. The number of hydrogen-bond donors (Lipinski definition) is 1. The van der Waals surface area contributed by atoms with E-state index in [-0.39, 0.29) is 29.6 Å². The summed E-state index contributed by atoms with van der Waals surface area (Å²) in [6.07, 6.45) is 2.89. The predicted molar refractivity (Wildman–Crippen MR) is 116 cm³/mol. The molecule has 0 radical (unpaired) electrons. The van der Waals surface area contributed by atoms with Gasteiger partial charge in [0, 0.05) is 29.9 Å². The van der Waals surface area contributed by atoms with Gasteiger partial charge in [-0.15, -0.1) is 0 Å². The molecule has 0 bridgehead atoms. The molecule has 0 aliphatic carbocycles. The van der Waals surface area contributed by atoms with Crippen molar-refractivity contribution in [2.75, 3.05) is 38.7 Å². The first-order valence-corrected chi connectivity index (χ1v) is 11.1. The molecule has 1 amide bonds. The largest absolute Gasteiger partial charge is 0.495 e. The number of hydrogen-bond acceptors (Lipinski definition) is 5. The molecule has 0 aromatic heterocycles. The third-order valence-electron chi connectivity index (χ3n) is 4.73. The third-order valence-corrected chi connectivity index (χ3v) is 7.06. The number of carbonyl (C=O) groups excluding carboxylic acids is 1. The van der Waals surface area contributed by atoms with Crippen molar-refractivity contribution in [2.24, 2.45) is 0 Å². The number of rotatable bonds is 6. The van der Waals surface area contributed by atoms with Crippen LogP contribution in [-0.4, -0.2) is 52.0 Å². The maximum absolute atomic E-state index is 13.0. The molecule has 1 aliphatic heterocycles. The maximum atomic E-state index is 13.0. The van der Waals surface area contributed by atoms with Gasteiger partial charge in [0.25, 0.3) is 0 Å². The monoisotopic (exact) mass is 450 g/mol. The highest BCUT2D eigenvalue weighted by molar-refractivity contribution is 7.89. The fourth-order valence-corrected chi connectivity index (χ4v) is 4.79. The molecule has 1 N–H and O–H groups in total. The first-order valence-electron chi connectivity index (χ1n) is 9.33. The van der Waals surface area contributed by atoms with E-state index in [0.717, 1.165) is 5.56 Å². The third kappa shape index (κ3) is 5.02. The molecular formula is C21H23ClN2O5S. The summed E-state index contributed by atoms with van der Waals surface area (Å²) in [6, 6.07) is 10.0. The van der Waals surface area contributed by atoms with Crippen LogP contribution < -0.4 is 10.1 Å². The highest BCUT2D eigenvalue weighted by Crippen LogP contribution is 2.29. The number of amides is 1. The van der Waals surface area contributed by atoms with Crippen LogP contribution in [0.5, 0.6) is 5.75 Å². The number of benzene rings is 2. The van der Waals surface area contributed by atoms with Gasteiger partial charge >= 0.3 is 0 Å². The fourth-order valence-electron chi connectivity index (χ4n) is 3.01. The van der Waals surface area contributed by atoms with Gasteiger partial charge in [-0.1, -0.05) is 23.7 Å². The Labute approximate surface area is 181 Å². The maximum Gasteiger partial charge on any atom is 0.248 e. The van der Waals surface area contributed by atoms with Gasteiger partial charge in [0.2, 0.25) is 15.9 Å². The molecule has 0 spiro atoms. The molecular weight excluding hydrogens is 428 g/mol. The number of ether oxygens (including phenoxy) is 2. The van der Waals surface area contributed by atoms with E-state index in [1.807, 2.05) is 6.92 Å². The molecule has 0 atom stereocenters. The van der Waals surface area contributed by atoms with Crippen LogP contribution in [-0.2, 0) is 19.6 Å². The van der Waals surface area contributed by atoms with E-state index >= 15 is 0 Å². The molecule has 160 valence electrons. The molecule has 7 nitrogen and oxygen atoms in total. The van der Waals surface area contributed by atoms with Gasteiger partial charge in [-0.05, 0) is 48.4 Å². The van der Waals surface area contributed by atoms with Gasteiger partial charge in [-0.25, -0.2) is 8.42 Å². The minimum Gasteiger partial charge on any atom is -0.495 e. The number of morpholine rings is 1. The zero-order valence-corrected chi connectivity index (χ0v) is 18.3. The molecule has 0 saturated carbocycles. The minimum atomic E-state index is -3.75. The van der Waals surface area contributed by atoms with Crippen molar-refractivity contribution in [1.29, 1.82) is 0 Å². The van der Waals surface area contributed by atoms with Gasteiger partial charge in [0.1, 0.15) is 10.6 Å². The summed E-state index contributed by atoms with van der Waals surface area (Å²) in [5, 5.41) is 3.33. The zero-order chi connectivity index (χ0) is 21.7. The molecule has 2 aromatic carbocycles. The van der Waals surface area contributed by atoms with Gasteiger partial charge in [0.15, 0.2) is 0 Å². The van der Waals surface area contributed by atoms with Crippen molar-refractivity contribution in [2.45, 2.75) is 11.8 Å². The van der Waals surface area contributed by atoms with Crippen LogP contribution in [0.15, 0.2) is 47.4 Å². The lowest BCUT2D eigenvalue weighted by Gasteiger charge is -2.26. The Morgan fingerprint density at radius 3 is 2.67 bits per heavy atom. The van der Waals surface area contributed by atoms with Crippen molar-refractivity contribution in [1.82, 2.24) is 4.31 Å². The Morgan fingerprint density at radius 1 is 1.23 bits per heavy atom. The summed E-state index contributed by atoms with van der Waals surface area (Å²) < 4.78 is 37.9. The highest BCUT2D eigenvalue weighted by Gasteiger charge is 2.29. The van der Waals surface area contributed by atoms with Crippen LogP contribution >= 0.6 is 11.6 Å². The van der Waals surface area contributed by atoms with E-state index in [2.05, 4.69) is 5.32 Å². The number of methoxy groups -OCH3 is 1. The van der Waals surface area contributed by atoms with Gasteiger partial charge < -0.3 is 14.8 Å². The molecule has 30 heavy (non-hydrogen) atoms. The van der Waals surface area contributed by atoms with E-state index in [0.29, 0.717) is 29.5 Å². The SMILES string of the molecule is COc1ccc(C=CC(=O)Nc2cccc(Cl)c2C)cc1S(=O)(=O)N1CCOCC1. The number of halogens is 1. The summed E-state index contributed by atoms with van der Waals surface area (Å²) in [4.78, 5) is 12.4. The van der Waals surface area contributed by atoms with Gasteiger partial charge in [0.05, 0.1) is 20.3 Å². The summed E-state index contributed by atoms with van der Waals surface area (Å²) in [5.41, 5.74) is 1.94. The van der Waals surface area contributed by atoms with Crippen molar-refractivity contribution in [3.63, 3.8) is 0 Å². The Kier molecular flexibility index (Phi) is 7.14. The van der Waals surface area contributed by atoms with Crippen molar-refractivity contribution < 1.29 is 22.7 Å². The molecule has 9 heteroatoms. The lowest BCUT2D eigenvalue weighted by atomic mass is 10.2. The Hall–Kier alpha value is -2.39. The van der Waals surface area contributed by atoms with Crippen LogP contribution in [0.4, 0.5) is 5.69 Å². The Morgan fingerprint density at radius 2 is 1.97 bits per heavy atom. The van der Waals surface area contributed by atoms with E-state index in [9.17, 15) is 13.2 Å². The number of nitrogens with zero attached hydrogens (tertiary/aromatic N) is 1. The molecule has 3 rings (SSSR count). The summed E-state index contributed by atoms with van der Waals surface area (Å²) in [6.45, 7) is 3.09. The average Bonchev–Trinajstić information content (AvgIpc) is 2.76. The van der Waals surface area contributed by atoms with Crippen molar-refractivity contribution in [3.8, 4) is 5.75 Å². The van der Waals surface area contributed by atoms with Crippen LogP contribution in [0, 0.1) is 6.92 Å². The predicted octanol–water partition coefficient (Wildman–Crippen LogP) is 3.33. The lowest BCUT2D eigenvalue weighted by Crippen LogP contribution is -2.40. The molecule has 0 unspecified atom stereocenters. The lowest BCUT2D eigenvalue weighted by molar-refractivity contribution is -0.111. The molecule has 1 saturated heterocycles. The number of sulfonamides is 1. The highest BCUT2D eigenvalue weighted by atomic mass is 35.5. The van der Waals surface area contributed by atoms with Crippen LogP contribution in [0.3, 0.4) is 0 Å². The first-order chi connectivity index (χ1) is 14.3. The Balaban J connectivity index is 1.82. The summed E-state index contributed by atoms with van der Waals surface area (Å²) >= 11 is 6.07. The van der Waals surface area contributed by atoms with Crippen LogP contribution in [0.25, 0.3) is 6.08 Å². The number of anilines is 1. The van der Waals surface area contributed by atoms with Crippen molar-refractivity contribution in [3.05, 3.63) is 58.6 Å². The Bertz CT molecular complexity index is 1060. The second-order valence-corrected chi connectivity index (χ2v) is 8.98. The van der Waals surface area contributed by atoms with Crippen molar-refractivity contribution >= 4 is 39.3 Å². The second-order valence-electron chi connectivity index (χ2n) is 6.66. The molecule has 1 aliphatic rings. The first kappa shape index (κ1) is 22.3. The number of nitrogens with one attached hydrogen (secondary N) is 1. The summed E-state index contributed by atoms with van der Waals surface area (Å²) in [7, 11) is -2.32. The number of carbonyl (C=O) groups is 1. The second kappa shape index (κ2) is 9.61.